The van der Waals surface area contributed by atoms with Crippen molar-refractivity contribution in [1.29, 1.82) is 0 Å². The number of hydrogen-bond donors (Lipinski definition) is 2. The van der Waals surface area contributed by atoms with E-state index in [1.54, 1.807) is 19.2 Å². The fourth-order valence-corrected chi connectivity index (χ4v) is 3.57. The van der Waals surface area contributed by atoms with Crippen LogP contribution in [0.25, 0.3) is 0 Å². The molecule has 9 heteroatoms. The van der Waals surface area contributed by atoms with Gasteiger partial charge in [0.05, 0.1) is 18.1 Å². The minimum atomic E-state index is -3.68. The number of nitrogens with one attached hydrogen (secondary N) is 2. The summed E-state index contributed by atoms with van der Waals surface area (Å²) >= 11 is 0. The van der Waals surface area contributed by atoms with Crippen molar-refractivity contribution in [1.82, 2.24) is 10.0 Å². The summed E-state index contributed by atoms with van der Waals surface area (Å²) in [6, 6.07) is 13.5. The average Bonchev–Trinajstić information content (AvgIpc) is 2.73. The van der Waals surface area contributed by atoms with Crippen LogP contribution in [0.1, 0.15) is 18.9 Å². The van der Waals surface area contributed by atoms with E-state index in [-0.39, 0.29) is 23.8 Å². The standard InChI is InChI=1S/C21H28N2O6S/c1-3-28-18-7-9-20(10-8-18)30(25,26)23-12-11-21(24)22-16-17-5-4-6-19(15-17)29-14-13-27-2/h4-10,15,23H,3,11-14,16H2,1-2H3,(H,22,24). The van der Waals surface area contributed by atoms with Gasteiger partial charge >= 0.3 is 0 Å². The van der Waals surface area contributed by atoms with Crippen molar-refractivity contribution in [3.05, 3.63) is 54.1 Å². The fourth-order valence-electron chi connectivity index (χ4n) is 2.54. The molecule has 0 radical (unpaired) electrons. The van der Waals surface area contributed by atoms with Gasteiger partial charge in [-0.15, -0.1) is 0 Å². The van der Waals surface area contributed by atoms with Gasteiger partial charge < -0.3 is 19.5 Å². The van der Waals surface area contributed by atoms with Gasteiger partial charge in [-0.2, -0.15) is 0 Å². The normalized spacial score (nSPS) is 11.1. The molecule has 0 fully saturated rings. The molecule has 0 saturated carbocycles. The molecule has 2 N–H and O–H groups in total. The van der Waals surface area contributed by atoms with Gasteiger partial charge in [0, 0.05) is 26.6 Å². The number of carbonyl (C=O) groups is 1. The van der Waals surface area contributed by atoms with Crippen LogP contribution >= 0.6 is 0 Å². The van der Waals surface area contributed by atoms with Crippen LogP contribution < -0.4 is 19.5 Å². The Kier molecular flexibility index (Phi) is 9.59. The number of sulfonamides is 1. The van der Waals surface area contributed by atoms with Crippen molar-refractivity contribution in [2.24, 2.45) is 0 Å². The Bertz CT molecular complexity index is 900. The van der Waals surface area contributed by atoms with E-state index in [2.05, 4.69) is 10.0 Å². The summed E-state index contributed by atoms with van der Waals surface area (Å²) in [5.74, 6) is 1.04. The van der Waals surface area contributed by atoms with E-state index < -0.39 is 10.0 Å². The third kappa shape index (κ3) is 8.02. The Morgan fingerprint density at radius 3 is 2.47 bits per heavy atom. The summed E-state index contributed by atoms with van der Waals surface area (Å²) in [6.45, 7) is 3.62. The summed E-state index contributed by atoms with van der Waals surface area (Å²) in [5, 5.41) is 2.77. The Morgan fingerprint density at radius 1 is 1.00 bits per heavy atom. The summed E-state index contributed by atoms with van der Waals surface area (Å²) in [7, 11) is -2.08. The molecule has 2 aromatic carbocycles. The lowest BCUT2D eigenvalue weighted by Crippen LogP contribution is -2.30. The zero-order chi connectivity index (χ0) is 21.8. The summed E-state index contributed by atoms with van der Waals surface area (Å²) in [5.41, 5.74) is 0.883. The van der Waals surface area contributed by atoms with E-state index in [9.17, 15) is 13.2 Å². The average molecular weight is 437 g/mol. The lowest BCUT2D eigenvalue weighted by Gasteiger charge is -2.10. The second-order valence-electron chi connectivity index (χ2n) is 6.32. The molecule has 0 aliphatic carbocycles. The van der Waals surface area contributed by atoms with Crippen molar-refractivity contribution >= 4 is 15.9 Å². The molecule has 2 aromatic rings. The molecule has 0 saturated heterocycles. The summed E-state index contributed by atoms with van der Waals surface area (Å²) < 4.78 is 42.8. The summed E-state index contributed by atoms with van der Waals surface area (Å²) in [4.78, 5) is 12.2. The lowest BCUT2D eigenvalue weighted by molar-refractivity contribution is -0.121. The first-order chi connectivity index (χ1) is 14.4. The Balaban J connectivity index is 1.76. The minimum absolute atomic E-state index is 0.00153. The van der Waals surface area contributed by atoms with Crippen LogP contribution in [0.3, 0.4) is 0 Å². The molecule has 0 atom stereocenters. The molecule has 0 unspecified atom stereocenters. The molecule has 0 bridgehead atoms. The largest absolute Gasteiger partial charge is 0.494 e. The van der Waals surface area contributed by atoms with Gasteiger partial charge in [0.1, 0.15) is 18.1 Å². The molecular weight excluding hydrogens is 408 g/mol. The Morgan fingerprint density at radius 2 is 1.77 bits per heavy atom. The predicted molar refractivity (Wildman–Crippen MR) is 113 cm³/mol. The number of rotatable bonds is 13. The van der Waals surface area contributed by atoms with Crippen LogP contribution in [-0.4, -0.2) is 47.8 Å². The van der Waals surface area contributed by atoms with Gasteiger partial charge in [-0.05, 0) is 48.9 Å². The first-order valence-corrected chi connectivity index (χ1v) is 11.1. The van der Waals surface area contributed by atoms with Gasteiger partial charge in [-0.25, -0.2) is 13.1 Å². The van der Waals surface area contributed by atoms with E-state index in [1.165, 1.54) is 12.1 Å². The van der Waals surface area contributed by atoms with Crippen LogP contribution in [0, 0.1) is 0 Å². The third-order valence-corrected chi connectivity index (χ3v) is 5.51. The van der Waals surface area contributed by atoms with Gasteiger partial charge in [-0.1, -0.05) is 12.1 Å². The number of methoxy groups -OCH3 is 1. The number of amides is 1. The van der Waals surface area contributed by atoms with Crippen molar-refractivity contribution < 1.29 is 27.4 Å². The zero-order valence-corrected chi connectivity index (χ0v) is 18.0. The van der Waals surface area contributed by atoms with Crippen molar-refractivity contribution in [3.8, 4) is 11.5 Å². The molecule has 0 aliphatic heterocycles. The monoisotopic (exact) mass is 436 g/mol. The molecule has 1 amide bonds. The SMILES string of the molecule is CCOc1ccc(S(=O)(=O)NCCC(=O)NCc2cccc(OCCOC)c2)cc1. The molecule has 30 heavy (non-hydrogen) atoms. The van der Waals surface area contributed by atoms with Crippen LogP contribution in [-0.2, 0) is 26.1 Å². The molecular formula is C21H28N2O6S. The zero-order valence-electron chi connectivity index (χ0n) is 17.2. The van der Waals surface area contributed by atoms with E-state index >= 15 is 0 Å². The van der Waals surface area contributed by atoms with Gasteiger partial charge in [0.2, 0.25) is 15.9 Å². The molecule has 0 heterocycles. The van der Waals surface area contributed by atoms with Gasteiger partial charge in [-0.3, -0.25) is 4.79 Å². The minimum Gasteiger partial charge on any atom is -0.494 e. The van der Waals surface area contributed by atoms with Crippen LogP contribution in [0.2, 0.25) is 0 Å². The highest BCUT2D eigenvalue weighted by atomic mass is 32.2. The first kappa shape index (κ1) is 23.7. The molecule has 8 nitrogen and oxygen atoms in total. The molecule has 0 aromatic heterocycles. The van der Waals surface area contributed by atoms with E-state index in [0.717, 1.165) is 5.56 Å². The third-order valence-electron chi connectivity index (χ3n) is 4.03. The fraction of sp³-hybridized carbons (Fsp3) is 0.381. The highest BCUT2D eigenvalue weighted by molar-refractivity contribution is 7.89. The van der Waals surface area contributed by atoms with Gasteiger partial charge in [0.25, 0.3) is 0 Å². The Hall–Kier alpha value is -2.62. The topological polar surface area (TPSA) is 103 Å². The summed E-state index contributed by atoms with van der Waals surface area (Å²) in [6.07, 6.45) is 0.0281. The maximum Gasteiger partial charge on any atom is 0.240 e. The predicted octanol–water partition coefficient (Wildman–Crippen LogP) is 2.10. The number of ether oxygens (including phenoxy) is 3. The number of benzene rings is 2. The van der Waals surface area contributed by atoms with E-state index in [4.69, 9.17) is 14.2 Å². The molecule has 0 aliphatic rings. The highest BCUT2D eigenvalue weighted by Gasteiger charge is 2.14. The lowest BCUT2D eigenvalue weighted by atomic mass is 10.2. The second-order valence-corrected chi connectivity index (χ2v) is 8.08. The highest BCUT2D eigenvalue weighted by Crippen LogP contribution is 2.16. The molecule has 0 spiro atoms. The van der Waals surface area contributed by atoms with Crippen molar-refractivity contribution in [2.45, 2.75) is 24.8 Å². The number of carbonyl (C=O) groups excluding carboxylic acids is 1. The van der Waals surface area contributed by atoms with Crippen molar-refractivity contribution in [2.75, 3.05) is 33.5 Å². The maximum absolute atomic E-state index is 12.3. The van der Waals surface area contributed by atoms with Crippen LogP contribution in [0.4, 0.5) is 0 Å². The molecule has 2 rings (SSSR count). The maximum atomic E-state index is 12.3. The smallest absolute Gasteiger partial charge is 0.240 e. The second kappa shape index (κ2) is 12.2. The van der Waals surface area contributed by atoms with E-state index in [1.807, 2.05) is 31.2 Å². The van der Waals surface area contributed by atoms with Crippen LogP contribution in [0.5, 0.6) is 11.5 Å². The quantitative estimate of drug-likeness (QED) is 0.466. The first-order valence-electron chi connectivity index (χ1n) is 9.64. The van der Waals surface area contributed by atoms with Crippen molar-refractivity contribution in [3.63, 3.8) is 0 Å². The van der Waals surface area contributed by atoms with Gasteiger partial charge in [0.15, 0.2) is 0 Å². The van der Waals surface area contributed by atoms with E-state index in [0.29, 0.717) is 37.9 Å². The van der Waals surface area contributed by atoms with Crippen LogP contribution in [0.15, 0.2) is 53.4 Å². The molecule has 164 valence electrons. The number of hydrogen-bond acceptors (Lipinski definition) is 6. The Labute approximate surface area is 177 Å².